The van der Waals surface area contributed by atoms with Gasteiger partial charge in [-0.3, -0.25) is 0 Å². The molecular formula is C10H9FN4S3. The highest BCUT2D eigenvalue weighted by molar-refractivity contribution is 8.00. The van der Waals surface area contributed by atoms with Gasteiger partial charge in [0.1, 0.15) is 5.82 Å². The molecule has 0 unspecified atom stereocenters. The highest BCUT2D eigenvalue weighted by atomic mass is 32.2. The average Bonchev–Trinajstić information content (AvgIpc) is 2.79. The third-order valence-corrected chi connectivity index (χ3v) is 3.92. The van der Waals surface area contributed by atoms with E-state index in [0.717, 1.165) is 4.34 Å². The fourth-order valence-corrected chi connectivity index (χ4v) is 2.59. The van der Waals surface area contributed by atoms with Gasteiger partial charge in [0.25, 0.3) is 0 Å². The smallest absolute Gasteiger partial charge is 0.212 e. The zero-order chi connectivity index (χ0) is 13.0. The van der Waals surface area contributed by atoms with Crippen molar-refractivity contribution in [2.75, 3.05) is 16.9 Å². The first kappa shape index (κ1) is 13.2. The molecule has 0 bridgehead atoms. The lowest BCUT2D eigenvalue weighted by Gasteiger charge is -2.07. The van der Waals surface area contributed by atoms with Gasteiger partial charge in [0.05, 0.1) is 0 Å². The van der Waals surface area contributed by atoms with Gasteiger partial charge in [-0.25, -0.2) is 4.39 Å². The third kappa shape index (κ3) is 3.62. The van der Waals surface area contributed by atoms with E-state index in [2.05, 4.69) is 20.8 Å². The summed E-state index contributed by atoms with van der Waals surface area (Å²) in [4.78, 5) is 0. The average molecular weight is 300 g/mol. The molecule has 4 nitrogen and oxygen atoms in total. The second-order valence-electron chi connectivity index (χ2n) is 3.16. The van der Waals surface area contributed by atoms with Crippen LogP contribution in [0.2, 0.25) is 0 Å². The zero-order valence-corrected chi connectivity index (χ0v) is 11.8. The van der Waals surface area contributed by atoms with Gasteiger partial charge >= 0.3 is 0 Å². The number of anilines is 2. The molecule has 0 aliphatic carbocycles. The lowest BCUT2D eigenvalue weighted by molar-refractivity contribution is 0.628. The number of thioether (sulfide) groups is 1. The van der Waals surface area contributed by atoms with Crippen molar-refractivity contribution < 1.29 is 4.39 Å². The van der Waals surface area contributed by atoms with Crippen LogP contribution in [-0.4, -0.2) is 21.6 Å². The van der Waals surface area contributed by atoms with Crippen LogP contribution < -0.4 is 10.6 Å². The molecule has 0 aliphatic heterocycles. The van der Waals surface area contributed by atoms with Crippen LogP contribution in [0.3, 0.4) is 0 Å². The molecule has 2 N–H and O–H groups in total. The normalized spacial score (nSPS) is 10.1. The van der Waals surface area contributed by atoms with E-state index in [1.807, 2.05) is 6.26 Å². The number of nitrogens with one attached hydrogen (secondary N) is 2. The second kappa shape index (κ2) is 6.07. The Labute approximate surface area is 117 Å². The minimum atomic E-state index is -0.284. The molecule has 18 heavy (non-hydrogen) atoms. The Bertz CT molecular complexity index is 540. The van der Waals surface area contributed by atoms with Crippen molar-refractivity contribution in [3.63, 3.8) is 0 Å². The van der Waals surface area contributed by atoms with Crippen molar-refractivity contribution in [1.82, 2.24) is 10.2 Å². The van der Waals surface area contributed by atoms with Gasteiger partial charge in [0.15, 0.2) is 9.45 Å². The van der Waals surface area contributed by atoms with Crippen molar-refractivity contribution >= 4 is 51.2 Å². The van der Waals surface area contributed by atoms with Gasteiger partial charge in [-0.15, -0.1) is 10.2 Å². The van der Waals surface area contributed by atoms with Gasteiger partial charge in [0.2, 0.25) is 5.13 Å². The number of aromatic nitrogens is 2. The Morgan fingerprint density at radius 1 is 1.28 bits per heavy atom. The van der Waals surface area contributed by atoms with E-state index >= 15 is 0 Å². The molecule has 0 saturated carbocycles. The van der Waals surface area contributed by atoms with Crippen molar-refractivity contribution in [3.05, 3.63) is 30.1 Å². The van der Waals surface area contributed by atoms with Crippen molar-refractivity contribution in [1.29, 1.82) is 0 Å². The van der Waals surface area contributed by atoms with Gasteiger partial charge in [-0.2, -0.15) is 0 Å². The number of nitrogens with zero attached hydrogens (tertiary/aromatic N) is 2. The lowest BCUT2D eigenvalue weighted by Crippen LogP contribution is -2.18. The molecule has 1 aromatic heterocycles. The van der Waals surface area contributed by atoms with Crippen molar-refractivity contribution in [2.45, 2.75) is 4.34 Å². The summed E-state index contributed by atoms with van der Waals surface area (Å²) >= 11 is 8.05. The van der Waals surface area contributed by atoms with E-state index in [4.69, 9.17) is 12.2 Å². The van der Waals surface area contributed by atoms with Crippen LogP contribution in [0, 0.1) is 5.82 Å². The van der Waals surface area contributed by atoms with E-state index < -0.39 is 0 Å². The van der Waals surface area contributed by atoms with Crippen LogP contribution in [0.25, 0.3) is 0 Å². The largest absolute Gasteiger partial charge is 0.332 e. The summed E-state index contributed by atoms with van der Waals surface area (Å²) in [6, 6.07) is 5.94. The van der Waals surface area contributed by atoms with E-state index in [9.17, 15) is 4.39 Å². The molecule has 8 heteroatoms. The fourth-order valence-electron chi connectivity index (χ4n) is 1.14. The maximum Gasteiger partial charge on any atom is 0.212 e. The molecule has 2 rings (SSSR count). The molecule has 0 spiro atoms. The van der Waals surface area contributed by atoms with E-state index in [1.165, 1.54) is 35.2 Å². The van der Waals surface area contributed by atoms with Crippen LogP contribution in [0.4, 0.5) is 15.2 Å². The molecule has 0 saturated heterocycles. The standard InChI is InChI=1S/C10H9FN4S3/c1-17-10-15-14-9(18-10)13-8(16)12-7-4-2-6(11)3-5-7/h2-5H,1H3,(H2,12,13,14,16). The van der Waals surface area contributed by atoms with Crippen LogP contribution in [0.15, 0.2) is 28.6 Å². The molecule has 94 valence electrons. The number of rotatable bonds is 3. The quantitative estimate of drug-likeness (QED) is 0.670. The first-order valence-electron chi connectivity index (χ1n) is 4.88. The highest BCUT2D eigenvalue weighted by Gasteiger charge is 2.05. The highest BCUT2D eigenvalue weighted by Crippen LogP contribution is 2.23. The molecule has 1 heterocycles. The van der Waals surface area contributed by atoms with Gasteiger partial charge in [-0.1, -0.05) is 23.1 Å². The Morgan fingerprint density at radius 2 is 2.00 bits per heavy atom. The van der Waals surface area contributed by atoms with Crippen molar-refractivity contribution in [3.8, 4) is 0 Å². The predicted octanol–water partition coefficient (Wildman–Crippen LogP) is 3.21. The Kier molecular flexibility index (Phi) is 4.45. The SMILES string of the molecule is CSc1nnc(NC(=S)Nc2ccc(F)cc2)s1. The van der Waals surface area contributed by atoms with E-state index in [0.29, 0.717) is 15.9 Å². The molecule has 2 aromatic rings. The molecule has 0 fully saturated rings. The molecule has 0 aliphatic rings. The molecule has 0 amide bonds. The summed E-state index contributed by atoms with van der Waals surface area (Å²) < 4.78 is 13.6. The molecule has 0 radical (unpaired) electrons. The van der Waals surface area contributed by atoms with Gasteiger partial charge < -0.3 is 10.6 Å². The minimum absolute atomic E-state index is 0.284. The summed E-state index contributed by atoms with van der Waals surface area (Å²) in [6.07, 6.45) is 1.93. The number of benzene rings is 1. The first-order valence-corrected chi connectivity index (χ1v) is 7.33. The van der Waals surface area contributed by atoms with E-state index in [1.54, 1.807) is 12.1 Å². The Balaban J connectivity index is 1.94. The topological polar surface area (TPSA) is 49.8 Å². The van der Waals surface area contributed by atoms with Crippen molar-refractivity contribution in [2.24, 2.45) is 0 Å². The number of halogens is 1. The third-order valence-electron chi connectivity index (χ3n) is 1.90. The lowest BCUT2D eigenvalue weighted by atomic mass is 10.3. The zero-order valence-electron chi connectivity index (χ0n) is 9.31. The van der Waals surface area contributed by atoms with Crippen LogP contribution in [0.5, 0.6) is 0 Å². The van der Waals surface area contributed by atoms with Gasteiger partial charge in [-0.05, 0) is 42.7 Å². The summed E-state index contributed by atoms with van der Waals surface area (Å²) in [7, 11) is 0. The Morgan fingerprint density at radius 3 is 2.61 bits per heavy atom. The summed E-state index contributed by atoms with van der Waals surface area (Å²) in [5.74, 6) is -0.284. The predicted molar refractivity (Wildman–Crippen MR) is 77.9 cm³/mol. The maximum atomic E-state index is 12.7. The van der Waals surface area contributed by atoms with Gasteiger partial charge in [0, 0.05) is 5.69 Å². The summed E-state index contributed by atoms with van der Waals surface area (Å²) in [6.45, 7) is 0. The monoisotopic (exact) mass is 300 g/mol. The first-order chi connectivity index (χ1) is 8.67. The fraction of sp³-hybridized carbons (Fsp3) is 0.100. The van der Waals surface area contributed by atoms with Crippen LogP contribution in [-0.2, 0) is 0 Å². The minimum Gasteiger partial charge on any atom is -0.332 e. The maximum absolute atomic E-state index is 12.7. The second-order valence-corrected chi connectivity index (χ2v) is 5.60. The summed E-state index contributed by atoms with van der Waals surface area (Å²) in [5, 5.41) is 14.7. The Hall–Kier alpha value is -1.25. The van der Waals surface area contributed by atoms with E-state index in [-0.39, 0.29) is 5.82 Å². The number of hydrogen-bond acceptors (Lipinski definition) is 5. The number of thiocarbonyl (C=S) groups is 1. The molecular weight excluding hydrogens is 291 g/mol. The van der Waals surface area contributed by atoms with Crippen LogP contribution in [0.1, 0.15) is 0 Å². The number of hydrogen-bond donors (Lipinski definition) is 2. The summed E-state index contributed by atoms with van der Waals surface area (Å²) in [5.41, 5.74) is 0.712. The molecule has 1 aromatic carbocycles. The van der Waals surface area contributed by atoms with Crippen LogP contribution >= 0.6 is 35.3 Å². The molecule has 0 atom stereocenters.